The third-order valence-electron chi connectivity index (χ3n) is 5.68. The van der Waals surface area contributed by atoms with E-state index >= 15 is 0 Å². The Morgan fingerprint density at radius 2 is 2.00 bits per heavy atom. The van der Waals surface area contributed by atoms with Crippen molar-refractivity contribution in [3.8, 4) is 0 Å². The zero-order chi connectivity index (χ0) is 23.5. The van der Waals surface area contributed by atoms with Crippen LogP contribution in [0.5, 0.6) is 0 Å². The van der Waals surface area contributed by atoms with Gasteiger partial charge in [-0.05, 0) is 50.3 Å². The number of aromatic nitrogens is 3. The van der Waals surface area contributed by atoms with Gasteiger partial charge in [-0.3, -0.25) is 19.1 Å². The van der Waals surface area contributed by atoms with Crippen LogP contribution in [-0.4, -0.2) is 26.5 Å². The Labute approximate surface area is 192 Å². The molecule has 0 aliphatic heterocycles. The minimum atomic E-state index is -0.588. The molecular weight excluding hydrogens is 420 g/mol. The number of aryl methyl sites for hydroxylation is 1. The number of hydrogen-bond acceptors (Lipinski definition) is 5. The number of nitrogens with zero attached hydrogens (tertiary/aromatic N) is 2. The molecule has 1 aliphatic rings. The van der Waals surface area contributed by atoms with Gasteiger partial charge in [0.2, 0.25) is 0 Å². The molecular formula is C25H30N4O4. The molecule has 2 N–H and O–H groups in total. The van der Waals surface area contributed by atoms with Crippen LogP contribution < -0.4 is 16.6 Å². The number of hydrogen-bond donors (Lipinski definition) is 2. The minimum Gasteiger partial charge on any atom is -0.374 e. The first-order valence-corrected chi connectivity index (χ1v) is 11.5. The van der Waals surface area contributed by atoms with Gasteiger partial charge in [0, 0.05) is 24.7 Å². The number of nitrogens with one attached hydrogen (secondary N) is 2. The summed E-state index contributed by atoms with van der Waals surface area (Å²) in [5.41, 5.74) is 2.18. The molecule has 3 aromatic rings. The second-order valence-electron chi connectivity index (χ2n) is 8.84. The van der Waals surface area contributed by atoms with E-state index in [-0.39, 0.29) is 34.5 Å². The Morgan fingerprint density at radius 1 is 1.24 bits per heavy atom. The standard InChI is InChI=1S/C25H30N4O4/c1-4-10-29-22-21(24(31)28-25(29)32)19(12-20(27-22)18-8-9-18)23(30)26-13-16-6-5-7-17(11-16)14-33-15(2)3/h5-7,11-12,15,18H,4,8-10,13-14H2,1-3H3,(H,26,30)(H,28,31,32). The monoisotopic (exact) mass is 450 g/mol. The summed E-state index contributed by atoms with van der Waals surface area (Å²) in [6, 6.07) is 9.55. The highest BCUT2D eigenvalue weighted by atomic mass is 16.5. The Bertz CT molecular complexity index is 1290. The van der Waals surface area contributed by atoms with Gasteiger partial charge in [0.25, 0.3) is 11.5 Å². The molecule has 2 aromatic heterocycles. The molecule has 33 heavy (non-hydrogen) atoms. The van der Waals surface area contributed by atoms with E-state index < -0.39 is 11.2 Å². The SMILES string of the molecule is CCCn1c(=O)[nH]c(=O)c2c(C(=O)NCc3cccc(COC(C)C)c3)cc(C3CC3)nc21. The zero-order valence-corrected chi connectivity index (χ0v) is 19.3. The summed E-state index contributed by atoms with van der Waals surface area (Å²) in [6.07, 6.45) is 2.82. The Morgan fingerprint density at radius 3 is 2.70 bits per heavy atom. The van der Waals surface area contributed by atoms with Gasteiger partial charge in [0.1, 0.15) is 0 Å². The topological polar surface area (TPSA) is 106 Å². The average Bonchev–Trinajstić information content (AvgIpc) is 3.64. The fourth-order valence-corrected chi connectivity index (χ4v) is 3.86. The van der Waals surface area contributed by atoms with Crippen LogP contribution in [0, 0.1) is 0 Å². The lowest BCUT2D eigenvalue weighted by Gasteiger charge is -2.13. The van der Waals surface area contributed by atoms with Crippen LogP contribution in [-0.2, 0) is 24.4 Å². The number of carbonyl (C=O) groups excluding carboxylic acids is 1. The maximum Gasteiger partial charge on any atom is 0.329 e. The number of carbonyl (C=O) groups is 1. The van der Waals surface area contributed by atoms with Crippen molar-refractivity contribution in [2.45, 2.75) is 71.8 Å². The number of benzene rings is 1. The number of fused-ring (bicyclic) bond motifs is 1. The average molecular weight is 451 g/mol. The predicted molar refractivity (Wildman–Crippen MR) is 126 cm³/mol. The summed E-state index contributed by atoms with van der Waals surface area (Å²) in [6.45, 7) is 7.15. The lowest BCUT2D eigenvalue weighted by molar-refractivity contribution is 0.0657. The molecule has 1 aliphatic carbocycles. The summed E-state index contributed by atoms with van der Waals surface area (Å²) >= 11 is 0. The number of rotatable bonds is 9. The van der Waals surface area contributed by atoms with Crippen molar-refractivity contribution in [2.75, 3.05) is 0 Å². The number of amides is 1. The molecule has 0 unspecified atom stereocenters. The van der Waals surface area contributed by atoms with Crippen molar-refractivity contribution in [2.24, 2.45) is 0 Å². The second kappa shape index (κ2) is 9.70. The fourth-order valence-electron chi connectivity index (χ4n) is 3.86. The van der Waals surface area contributed by atoms with Gasteiger partial charge in [0.15, 0.2) is 5.65 Å². The molecule has 8 nitrogen and oxygen atoms in total. The number of aromatic amines is 1. The normalized spacial score (nSPS) is 13.6. The van der Waals surface area contributed by atoms with Crippen molar-refractivity contribution in [3.05, 3.63) is 73.6 Å². The summed E-state index contributed by atoms with van der Waals surface area (Å²) in [5.74, 6) is -0.0941. The molecule has 0 saturated heterocycles. The Balaban J connectivity index is 1.66. The van der Waals surface area contributed by atoms with Gasteiger partial charge < -0.3 is 10.1 Å². The molecule has 1 saturated carbocycles. The van der Waals surface area contributed by atoms with E-state index in [9.17, 15) is 14.4 Å². The first kappa shape index (κ1) is 22.9. The van der Waals surface area contributed by atoms with E-state index in [1.54, 1.807) is 6.07 Å². The van der Waals surface area contributed by atoms with Gasteiger partial charge in [-0.2, -0.15) is 0 Å². The summed E-state index contributed by atoms with van der Waals surface area (Å²) < 4.78 is 7.12. The summed E-state index contributed by atoms with van der Waals surface area (Å²) in [5, 5.41) is 3.09. The molecule has 0 atom stereocenters. The number of ether oxygens (including phenoxy) is 1. The van der Waals surface area contributed by atoms with E-state index in [1.165, 1.54) is 4.57 Å². The van der Waals surface area contributed by atoms with E-state index in [4.69, 9.17) is 4.74 Å². The first-order chi connectivity index (χ1) is 15.9. The third kappa shape index (κ3) is 5.22. The maximum absolute atomic E-state index is 13.2. The zero-order valence-electron chi connectivity index (χ0n) is 19.3. The molecule has 0 spiro atoms. The van der Waals surface area contributed by atoms with Gasteiger partial charge in [-0.25, -0.2) is 9.78 Å². The predicted octanol–water partition coefficient (Wildman–Crippen LogP) is 3.23. The highest BCUT2D eigenvalue weighted by Crippen LogP contribution is 2.39. The second-order valence-corrected chi connectivity index (χ2v) is 8.84. The van der Waals surface area contributed by atoms with Crippen LogP contribution in [0.25, 0.3) is 11.0 Å². The molecule has 1 amide bonds. The molecule has 2 heterocycles. The fraction of sp³-hybridized carbons (Fsp3) is 0.440. The molecule has 1 aromatic carbocycles. The van der Waals surface area contributed by atoms with Crippen LogP contribution >= 0.6 is 0 Å². The Hall–Kier alpha value is -3.26. The Kier molecular flexibility index (Phi) is 6.74. The van der Waals surface area contributed by atoms with E-state index in [2.05, 4.69) is 15.3 Å². The summed E-state index contributed by atoms with van der Waals surface area (Å²) in [4.78, 5) is 45.3. The van der Waals surface area contributed by atoms with Gasteiger partial charge in [-0.1, -0.05) is 31.2 Å². The maximum atomic E-state index is 13.2. The minimum absolute atomic E-state index is 0.136. The molecule has 0 radical (unpaired) electrons. The molecule has 4 rings (SSSR count). The van der Waals surface area contributed by atoms with Crippen molar-refractivity contribution < 1.29 is 9.53 Å². The summed E-state index contributed by atoms with van der Waals surface area (Å²) in [7, 11) is 0. The van der Waals surface area contributed by atoms with Gasteiger partial charge in [0.05, 0.1) is 23.7 Å². The number of H-pyrrole nitrogens is 1. The smallest absolute Gasteiger partial charge is 0.329 e. The van der Waals surface area contributed by atoms with Crippen molar-refractivity contribution in [1.29, 1.82) is 0 Å². The van der Waals surface area contributed by atoms with Gasteiger partial charge in [-0.15, -0.1) is 0 Å². The molecule has 0 bridgehead atoms. The highest BCUT2D eigenvalue weighted by Gasteiger charge is 2.28. The van der Waals surface area contributed by atoms with Crippen molar-refractivity contribution >= 4 is 16.9 Å². The lowest BCUT2D eigenvalue weighted by Crippen LogP contribution is -2.33. The van der Waals surface area contributed by atoms with Crippen LogP contribution in [0.15, 0.2) is 39.9 Å². The van der Waals surface area contributed by atoms with E-state index in [1.807, 2.05) is 45.0 Å². The molecule has 8 heteroatoms. The molecule has 174 valence electrons. The lowest BCUT2D eigenvalue weighted by atomic mass is 10.1. The third-order valence-corrected chi connectivity index (χ3v) is 5.68. The largest absolute Gasteiger partial charge is 0.374 e. The van der Waals surface area contributed by atoms with E-state index in [0.717, 1.165) is 29.7 Å². The first-order valence-electron chi connectivity index (χ1n) is 11.5. The van der Waals surface area contributed by atoms with Crippen molar-refractivity contribution in [1.82, 2.24) is 19.9 Å². The quantitative estimate of drug-likeness (QED) is 0.521. The van der Waals surface area contributed by atoms with Crippen LogP contribution in [0.2, 0.25) is 0 Å². The number of pyridine rings is 1. The van der Waals surface area contributed by atoms with Crippen LogP contribution in [0.1, 0.15) is 73.1 Å². The van der Waals surface area contributed by atoms with Gasteiger partial charge >= 0.3 is 5.69 Å². The highest BCUT2D eigenvalue weighted by molar-refractivity contribution is 6.05. The van der Waals surface area contributed by atoms with Crippen molar-refractivity contribution in [3.63, 3.8) is 0 Å². The van der Waals surface area contributed by atoms with E-state index in [0.29, 0.717) is 26.1 Å². The van der Waals surface area contributed by atoms with Crippen LogP contribution in [0.4, 0.5) is 0 Å². The molecule has 1 fully saturated rings. The van der Waals surface area contributed by atoms with Crippen LogP contribution in [0.3, 0.4) is 0 Å².